The summed E-state index contributed by atoms with van der Waals surface area (Å²) in [6, 6.07) is 6.92. The highest BCUT2D eigenvalue weighted by Crippen LogP contribution is 2.17. The Morgan fingerprint density at radius 1 is 1.54 bits per heavy atom. The zero-order chi connectivity index (χ0) is 9.68. The van der Waals surface area contributed by atoms with Crippen LogP contribution in [-0.4, -0.2) is 18.5 Å². The average molecular weight is 178 g/mol. The third-order valence-corrected chi connectivity index (χ3v) is 1.67. The van der Waals surface area contributed by atoms with Crippen LogP contribution in [0.2, 0.25) is 0 Å². The zero-order valence-electron chi connectivity index (χ0n) is 7.23. The molecule has 0 amide bonds. The number of rotatable bonds is 3. The summed E-state index contributed by atoms with van der Waals surface area (Å²) in [6.07, 6.45) is 1.37. The maximum Gasteiger partial charge on any atom is 0.153 e. The predicted molar refractivity (Wildman–Crippen MR) is 49.7 cm³/mol. The molecule has 0 aliphatic heterocycles. The number of hydrogen-bond donors (Lipinski definition) is 1. The predicted octanol–water partition coefficient (Wildman–Crippen LogP) is 1.79. The van der Waals surface area contributed by atoms with Gasteiger partial charge in [-0.3, -0.25) is 4.79 Å². The van der Waals surface area contributed by atoms with Crippen LogP contribution in [0.15, 0.2) is 30.5 Å². The van der Waals surface area contributed by atoms with Crippen LogP contribution in [0.4, 0.5) is 0 Å². The monoisotopic (exact) mass is 178 g/mol. The number of aliphatic hydroxyl groups excluding tert-OH is 1. The van der Waals surface area contributed by atoms with E-state index in [1.807, 2.05) is 0 Å². The van der Waals surface area contributed by atoms with Crippen molar-refractivity contribution in [2.75, 3.05) is 7.11 Å². The van der Waals surface area contributed by atoms with Gasteiger partial charge in [0.05, 0.1) is 18.9 Å². The SMILES string of the molecule is COc1cccc(C(C=O)=CO)c1. The van der Waals surface area contributed by atoms with Crippen molar-refractivity contribution in [1.29, 1.82) is 0 Å². The van der Waals surface area contributed by atoms with Crippen LogP contribution in [-0.2, 0) is 4.79 Å². The summed E-state index contributed by atoms with van der Waals surface area (Å²) in [7, 11) is 1.54. The molecule has 0 aliphatic carbocycles. The highest BCUT2D eigenvalue weighted by Gasteiger charge is 2.00. The molecule has 0 aromatic heterocycles. The first kappa shape index (κ1) is 9.32. The molecule has 0 atom stereocenters. The lowest BCUT2D eigenvalue weighted by Crippen LogP contribution is -1.88. The maximum absolute atomic E-state index is 10.5. The molecule has 0 saturated carbocycles. The maximum atomic E-state index is 10.5. The quantitative estimate of drug-likeness (QED) is 0.436. The summed E-state index contributed by atoms with van der Waals surface area (Å²) in [5, 5.41) is 8.71. The lowest BCUT2D eigenvalue weighted by atomic mass is 10.1. The van der Waals surface area contributed by atoms with E-state index in [0.29, 0.717) is 17.6 Å². The molecular formula is C10H10O3. The lowest BCUT2D eigenvalue weighted by molar-refractivity contribution is -0.103. The summed E-state index contributed by atoms with van der Waals surface area (Å²) in [4.78, 5) is 10.5. The van der Waals surface area contributed by atoms with Gasteiger partial charge in [0.1, 0.15) is 5.75 Å². The van der Waals surface area contributed by atoms with Crippen molar-refractivity contribution in [1.82, 2.24) is 0 Å². The summed E-state index contributed by atoms with van der Waals surface area (Å²) in [5.41, 5.74) is 0.871. The molecular weight excluding hydrogens is 168 g/mol. The van der Waals surface area contributed by atoms with Gasteiger partial charge >= 0.3 is 0 Å². The fourth-order valence-corrected chi connectivity index (χ4v) is 0.976. The second-order valence-electron chi connectivity index (χ2n) is 2.43. The molecule has 0 aliphatic rings. The molecule has 0 unspecified atom stereocenters. The first-order valence-electron chi connectivity index (χ1n) is 3.75. The second kappa shape index (κ2) is 4.30. The number of methoxy groups -OCH3 is 1. The minimum atomic E-state index is 0.235. The van der Waals surface area contributed by atoms with E-state index in [4.69, 9.17) is 9.84 Å². The fourth-order valence-electron chi connectivity index (χ4n) is 0.976. The van der Waals surface area contributed by atoms with Crippen LogP contribution >= 0.6 is 0 Å². The van der Waals surface area contributed by atoms with Gasteiger partial charge in [-0.05, 0) is 17.7 Å². The molecule has 13 heavy (non-hydrogen) atoms. The molecule has 68 valence electrons. The van der Waals surface area contributed by atoms with E-state index in [-0.39, 0.29) is 5.57 Å². The first-order chi connectivity index (χ1) is 6.31. The van der Waals surface area contributed by atoms with Crippen LogP contribution in [0.25, 0.3) is 5.57 Å². The Labute approximate surface area is 76.3 Å². The van der Waals surface area contributed by atoms with E-state index in [1.165, 1.54) is 0 Å². The van der Waals surface area contributed by atoms with E-state index in [0.717, 1.165) is 6.26 Å². The Hall–Kier alpha value is -1.77. The van der Waals surface area contributed by atoms with Gasteiger partial charge in [0.15, 0.2) is 6.29 Å². The number of benzene rings is 1. The Kier molecular flexibility index (Phi) is 3.09. The Morgan fingerprint density at radius 2 is 2.31 bits per heavy atom. The van der Waals surface area contributed by atoms with Gasteiger partial charge in [-0.25, -0.2) is 0 Å². The van der Waals surface area contributed by atoms with Crippen LogP contribution in [0.1, 0.15) is 5.56 Å². The minimum absolute atomic E-state index is 0.235. The topological polar surface area (TPSA) is 46.5 Å². The van der Waals surface area contributed by atoms with Crippen molar-refractivity contribution in [2.24, 2.45) is 0 Å². The Morgan fingerprint density at radius 3 is 2.85 bits per heavy atom. The molecule has 1 N–H and O–H groups in total. The highest BCUT2D eigenvalue weighted by molar-refractivity contribution is 6.06. The van der Waals surface area contributed by atoms with Crippen molar-refractivity contribution in [3.05, 3.63) is 36.1 Å². The first-order valence-corrected chi connectivity index (χ1v) is 3.75. The van der Waals surface area contributed by atoms with E-state index in [2.05, 4.69) is 0 Å². The van der Waals surface area contributed by atoms with Gasteiger partial charge < -0.3 is 9.84 Å². The van der Waals surface area contributed by atoms with Gasteiger partial charge in [-0.2, -0.15) is 0 Å². The Bertz CT molecular complexity index is 329. The molecule has 1 aromatic carbocycles. The number of aliphatic hydroxyl groups is 1. The normalized spacial score (nSPS) is 11.0. The van der Waals surface area contributed by atoms with Gasteiger partial charge in [-0.15, -0.1) is 0 Å². The lowest BCUT2D eigenvalue weighted by Gasteiger charge is -2.02. The summed E-state index contributed by atoms with van der Waals surface area (Å²) in [5.74, 6) is 0.652. The molecule has 0 saturated heterocycles. The second-order valence-corrected chi connectivity index (χ2v) is 2.43. The number of carbonyl (C=O) groups excluding carboxylic acids is 1. The number of hydrogen-bond acceptors (Lipinski definition) is 3. The fraction of sp³-hybridized carbons (Fsp3) is 0.100. The van der Waals surface area contributed by atoms with E-state index < -0.39 is 0 Å². The van der Waals surface area contributed by atoms with Crippen molar-refractivity contribution in [3.8, 4) is 5.75 Å². The van der Waals surface area contributed by atoms with E-state index in [9.17, 15) is 4.79 Å². The van der Waals surface area contributed by atoms with Gasteiger partial charge in [0.25, 0.3) is 0 Å². The molecule has 1 rings (SSSR count). The molecule has 1 aromatic rings. The van der Waals surface area contributed by atoms with Crippen molar-refractivity contribution < 1.29 is 14.6 Å². The number of ether oxygens (including phenoxy) is 1. The molecule has 0 heterocycles. The van der Waals surface area contributed by atoms with Gasteiger partial charge in [-0.1, -0.05) is 12.1 Å². The number of allylic oxidation sites excluding steroid dienone is 1. The van der Waals surface area contributed by atoms with Crippen LogP contribution < -0.4 is 4.74 Å². The van der Waals surface area contributed by atoms with Crippen LogP contribution in [0, 0.1) is 0 Å². The van der Waals surface area contributed by atoms with Crippen molar-refractivity contribution >= 4 is 11.9 Å². The Balaban J connectivity index is 3.07. The average Bonchev–Trinajstić information content (AvgIpc) is 2.20. The van der Waals surface area contributed by atoms with E-state index in [1.54, 1.807) is 31.4 Å². The van der Waals surface area contributed by atoms with Crippen LogP contribution in [0.5, 0.6) is 5.75 Å². The summed E-state index contributed by atoms with van der Waals surface area (Å²) >= 11 is 0. The highest BCUT2D eigenvalue weighted by atomic mass is 16.5. The van der Waals surface area contributed by atoms with E-state index >= 15 is 0 Å². The summed E-state index contributed by atoms with van der Waals surface area (Å²) in [6.45, 7) is 0. The number of carbonyl (C=O) groups is 1. The third kappa shape index (κ3) is 2.08. The molecule has 3 heteroatoms. The molecule has 3 nitrogen and oxygen atoms in total. The largest absolute Gasteiger partial charge is 0.515 e. The molecule has 0 spiro atoms. The zero-order valence-corrected chi connectivity index (χ0v) is 7.23. The van der Waals surface area contributed by atoms with Crippen molar-refractivity contribution in [2.45, 2.75) is 0 Å². The van der Waals surface area contributed by atoms with Crippen LogP contribution in [0.3, 0.4) is 0 Å². The standard InChI is InChI=1S/C10H10O3/c1-13-10-4-2-3-8(5-10)9(6-11)7-12/h2-7,11H,1H3. The van der Waals surface area contributed by atoms with Gasteiger partial charge in [0.2, 0.25) is 0 Å². The smallest absolute Gasteiger partial charge is 0.153 e. The number of aldehydes is 1. The third-order valence-electron chi connectivity index (χ3n) is 1.67. The minimum Gasteiger partial charge on any atom is -0.515 e. The summed E-state index contributed by atoms with van der Waals surface area (Å²) < 4.78 is 4.97. The van der Waals surface area contributed by atoms with Gasteiger partial charge in [0, 0.05) is 0 Å². The molecule has 0 fully saturated rings. The molecule has 0 bridgehead atoms. The van der Waals surface area contributed by atoms with Crippen molar-refractivity contribution in [3.63, 3.8) is 0 Å². The molecule has 0 radical (unpaired) electrons.